The molecule has 0 aliphatic heterocycles. The Morgan fingerprint density at radius 2 is 2.17 bits per heavy atom. The van der Waals surface area contributed by atoms with Crippen molar-refractivity contribution >= 4 is 18.3 Å². The third-order valence-electron chi connectivity index (χ3n) is 2.85. The predicted octanol–water partition coefficient (Wildman–Crippen LogP) is 1.14. The van der Waals surface area contributed by atoms with E-state index in [-0.39, 0.29) is 24.2 Å². The van der Waals surface area contributed by atoms with Gasteiger partial charge in [-0.2, -0.15) is 0 Å². The maximum Gasteiger partial charge on any atom is 0.239 e. The molecule has 1 atom stereocenters. The van der Waals surface area contributed by atoms with Crippen LogP contribution >= 0.6 is 12.4 Å². The van der Waals surface area contributed by atoms with E-state index in [1.165, 1.54) is 0 Å². The number of carbonyl (C=O) groups is 1. The Balaban J connectivity index is 0.00000289. The maximum atomic E-state index is 11.9. The van der Waals surface area contributed by atoms with E-state index >= 15 is 0 Å². The molecule has 0 fully saturated rings. The van der Waals surface area contributed by atoms with Crippen molar-refractivity contribution < 1.29 is 4.79 Å². The number of nitrogens with zero attached hydrogens (tertiary/aromatic N) is 3. The molecule has 0 unspecified atom stereocenters. The maximum absolute atomic E-state index is 11.9. The molecule has 0 radical (unpaired) electrons. The minimum atomic E-state index is -0.395. The third-order valence-corrected chi connectivity index (χ3v) is 2.85. The van der Waals surface area contributed by atoms with E-state index in [4.69, 9.17) is 5.73 Å². The van der Waals surface area contributed by atoms with Gasteiger partial charge in [-0.25, -0.2) is 4.98 Å². The van der Waals surface area contributed by atoms with Crippen LogP contribution in [0.1, 0.15) is 20.3 Å². The summed E-state index contributed by atoms with van der Waals surface area (Å²) in [4.78, 5) is 17.5. The van der Waals surface area contributed by atoms with E-state index in [1.807, 2.05) is 24.6 Å². The van der Waals surface area contributed by atoms with Crippen LogP contribution in [0.15, 0.2) is 18.7 Å². The largest absolute Gasteiger partial charge is 0.344 e. The number of nitrogens with two attached hydrogens (primary N) is 1. The van der Waals surface area contributed by atoms with Gasteiger partial charge in [-0.05, 0) is 12.3 Å². The predicted molar refractivity (Wildman–Crippen MR) is 74.5 cm³/mol. The van der Waals surface area contributed by atoms with E-state index in [1.54, 1.807) is 24.5 Å². The minimum Gasteiger partial charge on any atom is -0.344 e. The van der Waals surface area contributed by atoms with Crippen LogP contribution in [0.3, 0.4) is 0 Å². The normalized spacial score (nSPS) is 12.1. The first-order valence-corrected chi connectivity index (χ1v) is 5.98. The molecule has 1 amide bonds. The van der Waals surface area contributed by atoms with Gasteiger partial charge in [0.1, 0.15) is 0 Å². The number of likely N-dealkylation sites (N-methyl/N-ethyl adjacent to an activating group) is 1. The molecule has 0 spiro atoms. The van der Waals surface area contributed by atoms with Crippen molar-refractivity contribution in [2.75, 3.05) is 13.6 Å². The molecule has 0 saturated heterocycles. The second-order valence-electron chi connectivity index (χ2n) is 4.68. The van der Waals surface area contributed by atoms with E-state index in [0.29, 0.717) is 0 Å². The molecular formula is C12H23ClN4O. The number of aryl methyl sites for hydroxylation is 1. The fraction of sp³-hybridized carbons (Fsp3) is 0.667. The summed E-state index contributed by atoms with van der Waals surface area (Å²) in [5, 5.41) is 0. The fourth-order valence-corrected chi connectivity index (χ4v) is 1.56. The fourth-order valence-electron chi connectivity index (χ4n) is 1.56. The average molecular weight is 275 g/mol. The summed E-state index contributed by atoms with van der Waals surface area (Å²) in [6.45, 7) is 5.51. The van der Waals surface area contributed by atoms with Gasteiger partial charge in [-0.1, -0.05) is 13.8 Å². The van der Waals surface area contributed by atoms with Crippen LogP contribution in [-0.2, 0) is 11.3 Å². The highest BCUT2D eigenvalue weighted by Crippen LogP contribution is 2.03. The van der Waals surface area contributed by atoms with Crippen LogP contribution in [0.4, 0.5) is 0 Å². The molecule has 5 nitrogen and oxygen atoms in total. The summed E-state index contributed by atoms with van der Waals surface area (Å²) >= 11 is 0. The minimum absolute atomic E-state index is 0. The van der Waals surface area contributed by atoms with Crippen molar-refractivity contribution in [2.24, 2.45) is 11.7 Å². The van der Waals surface area contributed by atoms with Crippen LogP contribution in [0.5, 0.6) is 0 Å². The van der Waals surface area contributed by atoms with E-state index in [0.717, 1.165) is 19.5 Å². The Morgan fingerprint density at radius 3 is 2.67 bits per heavy atom. The van der Waals surface area contributed by atoms with Gasteiger partial charge in [0.2, 0.25) is 5.91 Å². The zero-order valence-corrected chi connectivity index (χ0v) is 12.1. The second kappa shape index (κ2) is 8.11. The zero-order chi connectivity index (χ0) is 12.8. The molecule has 1 rings (SSSR count). The van der Waals surface area contributed by atoms with E-state index in [2.05, 4.69) is 4.98 Å². The molecule has 1 heterocycles. The Bertz CT molecular complexity index is 340. The molecule has 18 heavy (non-hydrogen) atoms. The van der Waals surface area contributed by atoms with Crippen molar-refractivity contribution in [1.82, 2.24) is 14.5 Å². The molecule has 0 bridgehead atoms. The quantitative estimate of drug-likeness (QED) is 0.846. The Labute approximate surface area is 115 Å². The third kappa shape index (κ3) is 5.06. The Hall–Kier alpha value is -1.07. The lowest BCUT2D eigenvalue weighted by Gasteiger charge is -2.23. The monoisotopic (exact) mass is 274 g/mol. The summed E-state index contributed by atoms with van der Waals surface area (Å²) in [6.07, 6.45) is 6.36. The SMILES string of the molecule is CC(C)[C@H](N)C(=O)N(C)CCCn1ccnc1.Cl. The van der Waals surface area contributed by atoms with Crippen LogP contribution < -0.4 is 5.73 Å². The molecule has 0 aliphatic rings. The number of halogens is 1. The van der Waals surface area contributed by atoms with Crippen molar-refractivity contribution in [3.05, 3.63) is 18.7 Å². The number of imidazole rings is 1. The molecule has 0 saturated carbocycles. The first-order valence-electron chi connectivity index (χ1n) is 5.98. The lowest BCUT2D eigenvalue weighted by atomic mass is 10.0. The first-order chi connectivity index (χ1) is 8.02. The van der Waals surface area contributed by atoms with Gasteiger partial charge < -0.3 is 15.2 Å². The van der Waals surface area contributed by atoms with Gasteiger partial charge in [0, 0.05) is 32.5 Å². The van der Waals surface area contributed by atoms with Gasteiger partial charge in [-0.3, -0.25) is 4.79 Å². The Morgan fingerprint density at radius 1 is 1.50 bits per heavy atom. The average Bonchev–Trinajstić information content (AvgIpc) is 2.79. The van der Waals surface area contributed by atoms with Crippen molar-refractivity contribution in [1.29, 1.82) is 0 Å². The number of hydrogen-bond acceptors (Lipinski definition) is 3. The van der Waals surface area contributed by atoms with E-state index < -0.39 is 6.04 Å². The molecular weight excluding hydrogens is 252 g/mol. The molecule has 2 N–H and O–H groups in total. The van der Waals surface area contributed by atoms with Gasteiger partial charge in [-0.15, -0.1) is 12.4 Å². The second-order valence-corrected chi connectivity index (χ2v) is 4.68. The van der Waals surface area contributed by atoms with E-state index in [9.17, 15) is 4.79 Å². The van der Waals surface area contributed by atoms with Crippen molar-refractivity contribution in [2.45, 2.75) is 32.9 Å². The molecule has 1 aromatic rings. The molecule has 104 valence electrons. The summed E-state index contributed by atoms with van der Waals surface area (Å²) < 4.78 is 2.00. The number of rotatable bonds is 6. The lowest BCUT2D eigenvalue weighted by molar-refractivity contribution is -0.132. The molecule has 0 aromatic carbocycles. The first kappa shape index (κ1) is 16.9. The topological polar surface area (TPSA) is 64.2 Å². The van der Waals surface area contributed by atoms with Gasteiger partial charge in [0.25, 0.3) is 0 Å². The standard InChI is InChI=1S/C12H22N4O.ClH/c1-10(2)11(13)12(17)15(3)6-4-7-16-8-5-14-9-16;/h5,8-11H,4,6-7,13H2,1-3H3;1H/t11-;/m0./s1. The highest BCUT2D eigenvalue weighted by Gasteiger charge is 2.20. The van der Waals surface area contributed by atoms with Crippen LogP contribution in [0.25, 0.3) is 0 Å². The highest BCUT2D eigenvalue weighted by molar-refractivity contribution is 5.85. The number of aromatic nitrogens is 2. The number of carbonyl (C=O) groups excluding carboxylic acids is 1. The summed E-state index contributed by atoms with van der Waals surface area (Å²) in [5.41, 5.74) is 5.82. The Kier molecular flexibility index (Phi) is 7.62. The smallest absolute Gasteiger partial charge is 0.239 e. The summed E-state index contributed by atoms with van der Waals surface area (Å²) in [7, 11) is 1.80. The van der Waals surface area contributed by atoms with Crippen LogP contribution in [0, 0.1) is 5.92 Å². The van der Waals surface area contributed by atoms with Crippen molar-refractivity contribution in [3.63, 3.8) is 0 Å². The molecule has 6 heteroatoms. The number of hydrogen-bond donors (Lipinski definition) is 1. The van der Waals surface area contributed by atoms with Gasteiger partial charge >= 0.3 is 0 Å². The summed E-state index contributed by atoms with van der Waals surface area (Å²) in [6, 6.07) is -0.395. The van der Waals surface area contributed by atoms with Crippen LogP contribution in [0.2, 0.25) is 0 Å². The number of amides is 1. The molecule has 0 aliphatic carbocycles. The highest BCUT2D eigenvalue weighted by atomic mass is 35.5. The lowest BCUT2D eigenvalue weighted by Crippen LogP contribution is -2.45. The van der Waals surface area contributed by atoms with Gasteiger partial charge in [0.05, 0.1) is 12.4 Å². The van der Waals surface area contributed by atoms with Crippen LogP contribution in [-0.4, -0.2) is 40.0 Å². The zero-order valence-electron chi connectivity index (χ0n) is 11.2. The summed E-state index contributed by atoms with van der Waals surface area (Å²) in [5.74, 6) is 0.198. The van der Waals surface area contributed by atoms with Crippen molar-refractivity contribution in [3.8, 4) is 0 Å². The molecule has 1 aromatic heterocycles. The van der Waals surface area contributed by atoms with Gasteiger partial charge in [0.15, 0.2) is 0 Å².